The van der Waals surface area contributed by atoms with Crippen LogP contribution < -0.4 is 10.6 Å². The van der Waals surface area contributed by atoms with E-state index in [2.05, 4.69) is 30.3 Å². The molecule has 0 aliphatic carbocycles. The lowest BCUT2D eigenvalue weighted by Crippen LogP contribution is -2.20. The number of aromatic nitrogens is 2. The fraction of sp³-hybridized carbons (Fsp3) is 0.222. The highest BCUT2D eigenvalue weighted by Gasteiger charge is 1.85. The van der Waals surface area contributed by atoms with Gasteiger partial charge < -0.3 is 0 Å². The first kappa shape index (κ1) is 7.79. The van der Waals surface area contributed by atoms with E-state index in [1.54, 1.807) is 6.20 Å². The van der Waals surface area contributed by atoms with Gasteiger partial charge in [-0.05, 0) is 12.5 Å². The van der Waals surface area contributed by atoms with E-state index in [4.69, 9.17) is 0 Å². The average molecular weight is 148 g/mol. The zero-order valence-corrected chi connectivity index (χ0v) is 6.72. The van der Waals surface area contributed by atoms with Crippen molar-refractivity contribution < 1.29 is 0 Å². The van der Waals surface area contributed by atoms with E-state index >= 15 is 0 Å². The van der Waals surface area contributed by atoms with Gasteiger partial charge in [0.2, 0.25) is 0 Å². The van der Waals surface area contributed by atoms with Crippen LogP contribution in [0.1, 0.15) is 13.3 Å². The molecule has 0 amide bonds. The van der Waals surface area contributed by atoms with Gasteiger partial charge in [0, 0.05) is 5.22 Å². The molecule has 1 aromatic heterocycles. The summed E-state index contributed by atoms with van der Waals surface area (Å²) in [6.45, 7) is 9.73. The van der Waals surface area contributed by atoms with E-state index in [-0.39, 0.29) is 0 Å². The largest absolute Gasteiger partial charge is 0.278 e. The maximum Gasteiger partial charge on any atom is 0.0646 e. The number of nitrogens with one attached hydrogen (secondary N) is 1. The van der Waals surface area contributed by atoms with Crippen molar-refractivity contribution in [3.05, 3.63) is 28.9 Å². The highest BCUT2D eigenvalue weighted by Crippen LogP contribution is 1.94. The van der Waals surface area contributed by atoms with Gasteiger partial charge in [-0.1, -0.05) is 25.7 Å². The van der Waals surface area contributed by atoms with Gasteiger partial charge in [-0.2, -0.15) is 5.10 Å². The number of hydrogen-bond acceptors (Lipinski definition) is 1. The molecule has 0 aliphatic rings. The molecule has 0 bridgehead atoms. The van der Waals surface area contributed by atoms with Crippen LogP contribution in [0.2, 0.25) is 0 Å². The second-order valence-corrected chi connectivity index (χ2v) is 2.47. The van der Waals surface area contributed by atoms with Crippen LogP contribution in [0, 0.1) is 0 Å². The molecular weight excluding hydrogens is 136 g/mol. The molecule has 2 nitrogen and oxygen atoms in total. The number of hydrogen-bond donors (Lipinski definition) is 1. The molecule has 0 spiro atoms. The molecule has 1 N–H and O–H groups in total. The molecule has 11 heavy (non-hydrogen) atoms. The van der Waals surface area contributed by atoms with Gasteiger partial charge in [0.05, 0.1) is 11.5 Å². The second-order valence-electron chi connectivity index (χ2n) is 2.47. The topological polar surface area (TPSA) is 28.7 Å². The molecule has 58 valence electrons. The minimum atomic E-state index is 0.916. The van der Waals surface area contributed by atoms with E-state index in [0.717, 1.165) is 22.6 Å². The monoisotopic (exact) mass is 148 g/mol. The summed E-state index contributed by atoms with van der Waals surface area (Å²) in [5.41, 5.74) is 1.08. The van der Waals surface area contributed by atoms with E-state index in [1.807, 2.05) is 6.08 Å². The van der Waals surface area contributed by atoms with Crippen molar-refractivity contribution in [3.63, 3.8) is 0 Å². The molecule has 0 aliphatic heterocycles. The Morgan fingerprint density at radius 3 is 3.00 bits per heavy atom. The predicted octanol–water partition coefficient (Wildman–Crippen LogP) is 0.567. The van der Waals surface area contributed by atoms with Gasteiger partial charge in [-0.25, -0.2) is 0 Å². The van der Waals surface area contributed by atoms with Crippen LogP contribution in [-0.4, -0.2) is 10.2 Å². The molecule has 0 radical (unpaired) electrons. The lowest BCUT2D eigenvalue weighted by Gasteiger charge is -1.87. The van der Waals surface area contributed by atoms with Crippen LogP contribution in [0.4, 0.5) is 0 Å². The first-order valence-electron chi connectivity index (χ1n) is 3.62. The molecule has 0 atom stereocenters. The zero-order valence-electron chi connectivity index (χ0n) is 6.72. The van der Waals surface area contributed by atoms with Crippen LogP contribution in [0.15, 0.2) is 18.3 Å². The van der Waals surface area contributed by atoms with Crippen LogP contribution in [0.5, 0.6) is 0 Å². The molecule has 1 aromatic rings. The number of H-pyrrole nitrogens is 1. The fourth-order valence-corrected chi connectivity index (χ4v) is 0.752. The Bertz CT molecular complexity index is 346. The van der Waals surface area contributed by atoms with Crippen LogP contribution in [-0.2, 0) is 0 Å². The minimum absolute atomic E-state index is 0.916. The Morgan fingerprint density at radius 2 is 2.55 bits per heavy atom. The maximum atomic E-state index is 3.86. The Hall–Kier alpha value is -1.31. The summed E-state index contributed by atoms with van der Waals surface area (Å²) in [6, 6.07) is 0. The SMILES string of the molecule is C=C(/C=c1/[nH]ncc1=C)CC. The quantitative estimate of drug-likeness (QED) is 0.652. The zero-order chi connectivity index (χ0) is 8.27. The molecule has 1 heterocycles. The van der Waals surface area contributed by atoms with Gasteiger partial charge in [-0.3, -0.25) is 5.10 Å². The molecule has 0 aromatic carbocycles. The fourth-order valence-electron chi connectivity index (χ4n) is 0.752. The normalized spacial score (nSPS) is 11.9. The van der Waals surface area contributed by atoms with Crippen molar-refractivity contribution in [1.29, 1.82) is 0 Å². The molecule has 2 heteroatoms. The standard InChI is InChI=1S/C9H12N2/c1-4-7(2)5-9-8(3)6-10-11-9/h5-6,11H,2-4H2,1H3/b9-5+. The summed E-state index contributed by atoms with van der Waals surface area (Å²) in [5.74, 6) is 0. The van der Waals surface area contributed by atoms with E-state index < -0.39 is 0 Å². The van der Waals surface area contributed by atoms with Gasteiger partial charge in [0.25, 0.3) is 0 Å². The van der Waals surface area contributed by atoms with Crippen LogP contribution in [0.25, 0.3) is 12.7 Å². The molecule has 0 saturated heterocycles. The van der Waals surface area contributed by atoms with Crippen molar-refractivity contribution in [3.8, 4) is 0 Å². The van der Waals surface area contributed by atoms with Gasteiger partial charge in [0.1, 0.15) is 0 Å². The minimum Gasteiger partial charge on any atom is -0.278 e. The van der Waals surface area contributed by atoms with Crippen molar-refractivity contribution in [1.82, 2.24) is 10.2 Å². The Labute approximate surface area is 65.9 Å². The maximum absolute atomic E-state index is 3.86. The molecule has 0 saturated carbocycles. The third-order valence-corrected chi connectivity index (χ3v) is 1.55. The number of nitrogens with zero attached hydrogens (tertiary/aromatic N) is 1. The highest BCUT2D eigenvalue weighted by atomic mass is 15.1. The Morgan fingerprint density at radius 1 is 1.82 bits per heavy atom. The van der Waals surface area contributed by atoms with E-state index in [0.29, 0.717) is 0 Å². The number of allylic oxidation sites excluding steroid dienone is 1. The summed E-state index contributed by atoms with van der Waals surface area (Å²) in [5, 5.41) is 8.56. The van der Waals surface area contributed by atoms with Crippen LogP contribution in [0.3, 0.4) is 0 Å². The molecular formula is C9H12N2. The summed E-state index contributed by atoms with van der Waals surface area (Å²) in [6.07, 6.45) is 4.63. The third-order valence-electron chi connectivity index (χ3n) is 1.55. The summed E-state index contributed by atoms with van der Waals surface area (Å²) in [4.78, 5) is 0. The highest BCUT2D eigenvalue weighted by molar-refractivity contribution is 5.42. The lowest BCUT2D eigenvalue weighted by molar-refractivity contribution is 1.06. The van der Waals surface area contributed by atoms with Crippen molar-refractivity contribution >= 4 is 12.7 Å². The molecule has 1 rings (SSSR count). The van der Waals surface area contributed by atoms with Gasteiger partial charge >= 0.3 is 0 Å². The Balaban J connectivity index is 3.10. The van der Waals surface area contributed by atoms with Crippen molar-refractivity contribution in [2.45, 2.75) is 13.3 Å². The van der Waals surface area contributed by atoms with E-state index in [1.165, 1.54) is 0 Å². The van der Waals surface area contributed by atoms with E-state index in [9.17, 15) is 0 Å². The second kappa shape index (κ2) is 3.19. The molecule has 0 unspecified atom stereocenters. The van der Waals surface area contributed by atoms with Gasteiger partial charge in [-0.15, -0.1) is 0 Å². The summed E-state index contributed by atoms with van der Waals surface area (Å²) < 4.78 is 0. The lowest BCUT2D eigenvalue weighted by atomic mass is 10.2. The first-order chi connectivity index (χ1) is 5.24. The van der Waals surface area contributed by atoms with Gasteiger partial charge in [0.15, 0.2) is 0 Å². The smallest absolute Gasteiger partial charge is 0.0646 e. The predicted molar refractivity (Wildman–Crippen MR) is 47.3 cm³/mol. The van der Waals surface area contributed by atoms with Crippen molar-refractivity contribution in [2.75, 3.05) is 0 Å². The Kier molecular flexibility index (Phi) is 2.26. The summed E-state index contributed by atoms with van der Waals surface area (Å²) in [7, 11) is 0. The number of aromatic amines is 1. The first-order valence-corrected chi connectivity index (χ1v) is 3.62. The summed E-state index contributed by atoms with van der Waals surface area (Å²) >= 11 is 0. The van der Waals surface area contributed by atoms with Crippen molar-refractivity contribution in [2.24, 2.45) is 0 Å². The number of rotatable bonds is 2. The molecule has 0 fully saturated rings. The third kappa shape index (κ3) is 1.80. The average Bonchev–Trinajstić information content (AvgIpc) is 2.37. The van der Waals surface area contributed by atoms with Crippen LogP contribution >= 0.6 is 0 Å².